The predicted molar refractivity (Wildman–Crippen MR) is 77.1 cm³/mol. The van der Waals surface area contributed by atoms with Crippen LogP contribution in [0.25, 0.3) is 0 Å². The molecule has 0 heterocycles. The molecule has 0 spiro atoms. The SMILES string of the molecule is COc1cc(C(C)O)ccc1OCCCC(=O)N(C)C. The van der Waals surface area contributed by atoms with Crippen LogP contribution in [0, 0.1) is 0 Å². The first kappa shape index (κ1) is 16.3. The largest absolute Gasteiger partial charge is 0.493 e. The van der Waals surface area contributed by atoms with E-state index in [1.807, 2.05) is 0 Å². The average Bonchev–Trinajstić information content (AvgIpc) is 2.42. The van der Waals surface area contributed by atoms with Gasteiger partial charge in [-0.05, 0) is 31.0 Å². The van der Waals surface area contributed by atoms with Crippen molar-refractivity contribution < 1.29 is 19.4 Å². The van der Waals surface area contributed by atoms with E-state index in [1.54, 1.807) is 51.2 Å². The number of aliphatic hydroxyl groups excluding tert-OH is 1. The third-order valence-corrected chi connectivity index (χ3v) is 2.96. The lowest BCUT2D eigenvalue weighted by Gasteiger charge is -2.14. The number of carbonyl (C=O) groups excluding carboxylic acids is 1. The highest BCUT2D eigenvalue weighted by Crippen LogP contribution is 2.30. The van der Waals surface area contributed by atoms with Crippen LogP contribution in [-0.2, 0) is 4.79 Å². The van der Waals surface area contributed by atoms with Crippen LogP contribution < -0.4 is 9.47 Å². The molecule has 1 rings (SSSR count). The fourth-order valence-electron chi connectivity index (χ4n) is 1.69. The Hall–Kier alpha value is -1.75. The van der Waals surface area contributed by atoms with Gasteiger partial charge < -0.3 is 19.5 Å². The number of hydrogen-bond donors (Lipinski definition) is 1. The molecular weight excluding hydrogens is 258 g/mol. The molecule has 0 aliphatic heterocycles. The number of rotatable bonds is 7. The van der Waals surface area contributed by atoms with Crippen molar-refractivity contribution in [3.05, 3.63) is 23.8 Å². The van der Waals surface area contributed by atoms with Crippen LogP contribution in [0.15, 0.2) is 18.2 Å². The van der Waals surface area contributed by atoms with E-state index in [-0.39, 0.29) is 5.91 Å². The van der Waals surface area contributed by atoms with E-state index in [0.29, 0.717) is 30.9 Å². The van der Waals surface area contributed by atoms with Crippen LogP contribution in [0.2, 0.25) is 0 Å². The molecule has 1 N–H and O–H groups in total. The van der Waals surface area contributed by atoms with Gasteiger partial charge in [0, 0.05) is 20.5 Å². The molecule has 1 atom stereocenters. The molecule has 0 saturated carbocycles. The van der Waals surface area contributed by atoms with Gasteiger partial charge >= 0.3 is 0 Å². The lowest BCUT2D eigenvalue weighted by atomic mass is 10.1. The summed E-state index contributed by atoms with van der Waals surface area (Å²) in [5.41, 5.74) is 0.775. The first-order valence-corrected chi connectivity index (χ1v) is 6.64. The van der Waals surface area contributed by atoms with Crippen molar-refractivity contribution in [1.82, 2.24) is 4.90 Å². The topological polar surface area (TPSA) is 59.0 Å². The lowest BCUT2D eigenvalue weighted by molar-refractivity contribution is -0.128. The Bertz CT molecular complexity index is 443. The molecule has 0 radical (unpaired) electrons. The second-order valence-electron chi connectivity index (χ2n) is 4.83. The molecule has 1 aromatic carbocycles. The Labute approximate surface area is 120 Å². The van der Waals surface area contributed by atoms with Crippen LogP contribution in [0.1, 0.15) is 31.4 Å². The minimum absolute atomic E-state index is 0.0880. The first-order chi connectivity index (χ1) is 9.45. The van der Waals surface area contributed by atoms with Gasteiger partial charge in [0.1, 0.15) is 0 Å². The van der Waals surface area contributed by atoms with Gasteiger partial charge in [0.2, 0.25) is 5.91 Å². The molecular formula is C15H23NO4. The van der Waals surface area contributed by atoms with Crippen LogP contribution >= 0.6 is 0 Å². The summed E-state index contributed by atoms with van der Waals surface area (Å²) in [4.78, 5) is 13.0. The maximum Gasteiger partial charge on any atom is 0.222 e. The third kappa shape index (κ3) is 4.74. The van der Waals surface area contributed by atoms with Crippen molar-refractivity contribution in [3.63, 3.8) is 0 Å². The summed E-state index contributed by atoms with van der Waals surface area (Å²) in [5.74, 6) is 1.29. The number of benzene rings is 1. The van der Waals surface area contributed by atoms with Gasteiger partial charge in [-0.3, -0.25) is 4.79 Å². The molecule has 0 saturated heterocycles. The molecule has 0 aromatic heterocycles. The van der Waals surface area contributed by atoms with E-state index in [2.05, 4.69) is 0 Å². The Kier molecular flexibility index (Phi) is 6.31. The molecule has 0 fully saturated rings. The van der Waals surface area contributed by atoms with Gasteiger partial charge in [-0.25, -0.2) is 0 Å². The number of carbonyl (C=O) groups is 1. The number of aliphatic hydroxyl groups is 1. The van der Waals surface area contributed by atoms with Crippen molar-refractivity contribution >= 4 is 5.91 Å². The highest BCUT2D eigenvalue weighted by molar-refractivity contribution is 5.75. The summed E-state index contributed by atoms with van der Waals surface area (Å²) in [6.07, 6.45) is 0.565. The molecule has 0 aliphatic carbocycles. The van der Waals surface area contributed by atoms with E-state index < -0.39 is 6.10 Å². The number of nitrogens with zero attached hydrogens (tertiary/aromatic N) is 1. The minimum Gasteiger partial charge on any atom is -0.493 e. The fraction of sp³-hybridized carbons (Fsp3) is 0.533. The Morgan fingerprint density at radius 3 is 2.60 bits per heavy atom. The van der Waals surface area contributed by atoms with E-state index in [0.717, 1.165) is 5.56 Å². The molecule has 1 aromatic rings. The van der Waals surface area contributed by atoms with Crippen molar-refractivity contribution in [2.45, 2.75) is 25.9 Å². The Balaban J connectivity index is 2.53. The van der Waals surface area contributed by atoms with Gasteiger partial charge in [-0.15, -0.1) is 0 Å². The molecule has 5 heteroatoms. The zero-order valence-electron chi connectivity index (χ0n) is 12.5. The summed E-state index contributed by atoms with van der Waals surface area (Å²) in [5, 5.41) is 9.52. The van der Waals surface area contributed by atoms with Gasteiger partial charge in [0.25, 0.3) is 0 Å². The zero-order valence-corrected chi connectivity index (χ0v) is 12.5. The summed E-state index contributed by atoms with van der Waals surface area (Å²) >= 11 is 0. The van der Waals surface area contributed by atoms with E-state index >= 15 is 0 Å². The summed E-state index contributed by atoms with van der Waals surface area (Å²) in [6.45, 7) is 2.14. The molecule has 112 valence electrons. The number of amides is 1. The number of ether oxygens (including phenoxy) is 2. The van der Waals surface area contributed by atoms with Crippen molar-refractivity contribution in [3.8, 4) is 11.5 Å². The lowest BCUT2D eigenvalue weighted by Crippen LogP contribution is -2.21. The zero-order chi connectivity index (χ0) is 15.1. The fourth-order valence-corrected chi connectivity index (χ4v) is 1.69. The van der Waals surface area contributed by atoms with Gasteiger partial charge in [0.05, 0.1) is 19.8 Å². The van der Waals surface area contributed by atoms with Crippen LogP contribution in [0.4, 0.5) is 0 Å². The van der Waals surface area contributed by atoms with Crippen LogP contribution in [-0.4, -0.2) is 43.7 Å². The highest BCUT2D eigenvalue weighted by Gasteiger charge is 2.09. The summed E-state index contributed by atoms with van der Waals surface area (Å²) in [7, 11) is 5.03. The molecule has 0 aliphatic rings. The van der Waals surface area contributed by atoms with Crippen molar-refractivity contribution in [2.75, 3.05) is 27.8 Å². The molecule has 20 heavy (non-hydrogen) atoms. The van der Waals surface area contributed by atoms with E-state index in [4.69, 9.17) is 9.47 Å². The van der Waals surface area contributed by atoms with Crippen molar-refractivity contribution in [2.24, 2.45) is 0 Å². The molecule has 5 nitrogen and oxygen atoms in total. The minimum atomic E-state index is -0.546. The third-order valence-electron chi connectivity index (χ3n) is 2.96. The van der Waals surface area contributed by atoms with Gasteiger partial charge in [0.15, 0.2) is 11.5 Å². The monoisotopic (exact) mass is 281 g/mol. The molecule has 1 amide bonds. The Morgan fingerprint density at radius 1 is 1.35 bits per heavy atom. The highest BCUT2D eigenvalue weighted by atomic mass is 16.5. The van der Waals surface area contributed by atoms with Crippen molar-refractivity contribution in [1.29, 1.82) is 0 Å². The van der Waals surface area contributed by atoms with Crippen LogP contribution in [0.5, 0.6) is 11.5 Å². The second-order valence-corrected chi connectivity index (χ2v) is 4.83. The van der Waals surface area contributed by atoms with E-state index in [1.165, 1.54) is 0 Å². The maximum atomic E-state index is 11.4. The van der Waals surface area contributed by atoms with Gasteiger partial charge in [-0.2, -0.15) is 0 Å². The number of hydrogen-bond acceptors (Lipinski definition) is 4. The van der Waals surface area contributed by atoms with E-state index in [9.17, 15) is 9.90 Å². The number of methoxy groups -OCH3 is 1. The smallest absolute Gasteiger partial charge is 0.222 e. The molecule has 0 bridgehead atoms. The normalized spacial score (nSPS) is 11.8. The quantitative estimate of drug-likeness (QED) is 0.777. The Morgan fingerprint density at radius 2 is 2.05 bits per heavy atom. The van der Waals surface area contributed by atoms with Gasteiger partial charge in [-0.1, -0.05) is 6.07 Å². The summed E-state index contributed by atoms with van der Waals surface area (Å²) < 4.78 is 10.9. The average molecular weight is 281 g/mol. The maximum absolute atomic E-state index is 11.4. The first-order valence-electron chi connectivity index (χ1n) is 6.64. The second kappa shape index (κ2) is 7.75. The standard InChI is InChI=1S/C15H23NO4/c1-11(17)12-7-8-13(14(10-12)19-4)20-9-5-6-15(18)16(2)3/h7-8,10-11,17H,5-6,9H2,1-4H3. The molecule has 1 unspecified atom stereocenters. The summed E-state index contributed by atoms with van der Waals surface area (Å²) in [6, 6.07) is 5.33. The predicted octanol–water partition coefficient (Wildman–Crippen LogP) is 2.00. The van der Waals surface area contributed by atoms with Crippen LogP contribution in [0.3, 0.4) is 0 Å².